The zero-order chi connectivity index (χ0) is 14.7. The summed E-state index contributed by atoms with van der Waals surface area (Å²) >= 11 is 0. The van der Waals surface area contributed by atoms with Gasteiger partial charge < -0.3 is 15.1 Å². The molecule has 2 fully saturated rings. The van der Waals surface area contributed by atoms with Crippen molar-refractivity contribution in [2.75, 3.05) is 40.8 Å². The van der Waals surface area contributed by atoms with Crippen molar-refractivity contribution >= 4 is 0 Å². The lowest BCUT2D eigenvalue weighted by molar-refractivity contribution is 0.0846. The zero-order valence-electron chi connectivity index (χ0n) is 14.2. The number of likely N-dealkylation sites (N-methyl/N-ethyl adjacent to an activating group) is 2. The van der Waals surface area contributed by atoms with Gasteiger partial charge in [-0.15, -0.1) is 0 Å². The van der Waals surface area contributed by atoms with Crippen LogP contribution in [0.5, 0.6) is 0 Å². The lowest BCUT2D eigenvalue weighted by Crippen LogP contribution is -2.53. The van der Waals surface area contributed by atoms with E-state index in [4.69, 9.17) is 0 Å². The molecular formula is C17H35N3. The summed E-state index contributed by atoms with van der Waals surface area (Å²) in [7, 11) is 6.73. The van der Waals surface area contributed by atoms with Gasteiger partial charge in [-0.2, -0.15) is 0 Å². The molecule has 3 heteroatoms. The Morgan fingerprint density at radius 3 is 2.30 bits per heavy atom. The molecule has 0 radical (unpaired) electrons. The van der Waals surface area contributed by atoms with Gasteiger partial charge in [0, 0.05) is 31.7 Å². The van der Waals surface area contributed by atoms with E-state index in [1.165, 1.54) is 45.3 Å². The highest BCUT2D eigenvalue weighted by Gasteiger charge is 2.32. The summed E-state index contributed by atoms with van der Waals surface area (Å²) in [4.78, 5) is 5.06. The molecule has 1 saturated carbocycles. The highest BCUT2D eigenvalue weighted by Crippen LogP contribution is 2.36. The Morgan fingerprint density at radius 1 is 1.05 bits per heavy atom. The van der Waals surface area contributed by atoms with E-state index in [9.17, 15) is 0 Å². The fourth-order valence-corrected chi connectivity index (χ4v) is 4.53. The maximum absolute atomic E-state index is 3.65. The van der Waals surface area contributed by atoms with Crippen molar-refractivity contribution in [3.05, 3.63) is 0 Å². The molecule has 2 rings (SSSR count). The Hall–Kier alpha value is -0.120. The molecule has 1 saturated heterocycles. The van der Waals surface area contributed by atoms with Crippen LogP contribution in [0.15, 0.2) is 0 Å². The highest BCUT2D eigenvalue weighted by atomic mass is 15.3. The van der Waals surface area contributed by atoms with Crippen LogP contribution < -0.4 is 5.32 Å². The summed E-state index contributed by atoms with van der Waals surface area (Å²) in [5.74, 6) is 2.69. The fraction of sp³-hybridized carbons (Fsp3) is 1.00. The Morgan fingerprint density at radius 2 is 1.70 bits per heavy atom. The Balaban J connectivity index is 1.93. The van der Waals surface area contributed by atoms with Crippen LogP contribution in [-0.2, 0) is 0 Å². The molecule has 1 aliphatic heterocycles. The van der Waals surface area contributed by atoms with E-state index >= 15 is 0 Å². The number of piperazine rings is 1. The van der Waals surface area contributed by atoms with Gasteiger partial charge in [-0.3, -0.25) is 0 Å². The molecule has 20 heavy (non-hydrogen) atoms. The van der Waals surface area contributed by atoms with E-state index in [1.54, 1.807) is 0 Å². The van der Waals surface area contributed by atoms with Crippen LogP contribution >= 0.6 is 0 Å². The largest absolute Gasteiger partial charge is 0.317 e. The van der Waals surface area contributed by atoms with Crippen molar-refractivity contribution in [1.82, 2.24) is 15.1 Å². The van der Waals surface area contributed by atoms with E-state index in [-0.39, 0.29) is 0 Å². The predicted molar refractivity (Wildman–Crippen MR) is 87.0 cm³/mol. The fourth-order valence-electron chi connectivity index (χ4n) is 4.53. The first-order valence-electron chi connectivity index (χ1n) is 8.55. The van der Waals surface area contributed by atoms with Gasteiger partial charge >= 0.3 is 0 Å². The van der Waals surface area contributed by atoms with Crippen molar-refractivity contribution in [2.24, 2.45) is 17.8 Å². The van der Waals surface area contributed by atoms with Crippen molar-refractivity contribution in [1.29, 1.82) is 0 Å². The van der Waals surface area contributed by atoms with Crippen LogP contribution in [0.25, 0.3) is 0 Å². The average molecular weight is 281 g/mol. The smallest absolute Gasteiger partial charge is 0.0235 e. The minimum atomic E-state index is 0.694. The number of hydrogen-bond donors (Lipinski definition) is 1. The van der Waals surface area contributed by atoms with Crippen LogP contribution in [0.2, 0.25) is 0 Å². The van der Waals surface area contributed by atoms with Crippen LogP contribution in [0.1, 0.15) is 39.5 Å². The molecule has 0 bridgehead atoms. The summed E-state index contributed by atoms with van der Waals surface area (Å²) in [5, 5.41) is 3.65. The topological polar surface area (TPSA) is 18.5 Å². The molecular weight excluding hydrogens is 246 g/mol. The van der Waals surface area contributed by atoms with Crippen LogP contribution in [-0.4, -0.2) is 62.7 Å². The van der Waals surface area contributed by atoms with E-state index in [2.05, 4.69) is 50.1 Å². The second-order valence-electron chi connectivity index (χ2n) is 7.71. The molecule has 2 aliphatic rings. The lowest BCUT2D eigenvalue weighted by Gasteiger charge is -2.42. The number of hydrogen-bond acceptors (Lipinski definition) is 3. The summed E-state index contributed by atoms with van der Waals surface area (Å²) in [6.07, 6.45) is 5.57. The first-order chi connectivity index (χ1) is 9.49. The Bertz CT molecular complexity index is 284. The van der Waals surface area contributed by atoms with Gasteiger partial charge in [0.15, 0.2) is 0 Å². The second-order valence-corrected chi connectivity index (χ2v) is 7.71. The van der Waals surface area contributed by atoms with Crippen molar-refractivity contribution in [2.45, 2.75) is 51.6 Å². The third-order valence-electron chi connectivity index (χ3n) is 5.66. The molecule has 118 valence electrons. The first kappa shape index (κ1) is 16.3. The third kappa shape index (κ3) is 4.19. The second kappa shape index (κ2) is 7.24. The molecule has 3 nitrogen and oxygen atoms in total. The maximum atomic E-state index is 3.65. The lowest BCUT2D eigenvalue weighted by atomic mass is 9.72. The molecule has 1 N–H and O–H groups in total. The van der Waals surface area contributed by atoms with Crippen LogP contribution in [0.3, 0.4) is 0 Å². The van der Waals surface area contributed by atoms with E-state index in [0.717, 1.165) is 23.8 Å². The molecule has 4 atom stereocenters. The standard InChI is InChI=1S/C17H35N3/c1-13-8-14(2)10-15(9-13)17(18-3)11-16-12-19(4)6-7-20(16)5/h13-18H,6-12H2,1-5H3. The molecule has 0 aromatic carbocycles. The third-order valence-corrected chi connectivity index (χ3v) is 5.66. The minimum Gasteiger partial charge on any atom is -0.317 e. The predicted octanol–water partition coefficient (Wildman–Crippen LogP) is 2.28. The summed E-state index contributed by atoms with van der Waals surface area (Å²) < 4.78 is 0. The van der Waals surface area contributed by atoms with Gasteiger partial charge in [-0.05, 0) is 64.6 Å². The van der Waals surface area contributed by atoms with E-state index in [0.29, 0.717) is 6.04 Å². The highest BCUT2D eigenvalue weighted by molar-refractivity contribution is 4.89. The Kier molecular flexibility index (Phi) is 5.88. The van der Waals surface area contributed by atoms with E-state index in [1.807, 2.05) is 0 Å². The normalized spacial score (nSPS) is 38.9. The van der Waals surface area contributed by atoms with Gasteiger partial charge in [-0.1, -0.05) is 13.8 Å². The van der Waals surface area contributed by atoms with Crippen molar-refractivity contribution in [3.63, 3.8) is 0 Å². The molecule has 4 unspecified atom stereocenters. The number of nitrogens with one attached hydrogen (secondary N) is 1. The van der Waals surface area contributed by atoms with Gasteiger partial charge in [0.1, 0.15) is 0 Å². The molecule has 1 heterocycles. The maximum Gasteiger partial charge on any atom is 0.0235 e. The molecule has 0 amide bonds. The molecule has 1 aliphatic carbocycles. The summed E-state index contributed by atoms with van der Waals surface area (Å²) in [6, 6.07) is 1.41. The van der Waals surface area contributed by atoms with Gasteiger partial charge in [0.2, 0.25) is 0 Å². The number of nitrogens with zero attached hydrogens (tertiary/aromatic N) is 2. The Labute approximate surface area is 126 Å². The van der Waals surface area contributed by atoms with Crippen molar-refractivity contribution in [3.8, 4) is 0 Å². The zero-order valence-corrected chi connectivity index (χ0v) is 14.2. The number of rotatable bonds is 4. The quantitative estimate of drug-likeness (QED) is 0.853. The van der Waals surface area contributed by atoms with Crippen LogP contribution in [0.4, 0.5) is 0 Å². The van der Waals surface area contributed by atoms with E-state index < -0.39 is 0 Å². The molecule has 0 aromatic rings. The molecule has 0 aromatic heterocycles. The van der Waals surface area contributed by atoms with Gasteiger partial charge in [-0.25, -0.2) is 0 Å². The average Bonchev–Trinajstić information content (AvgIpc) is 2.38. The molecule has 0 spiro atoms. The van der Waals surface area contributed by atoms with Gasteiger partial charge in [0.05, 0.1) is 0 Å². The summed E-state index contributed by atoms with van der Waals surface area (Å²) in [5.41, 5.74) is 0. The van der Waals surface area contributed by atoms with Crippen molar-refractivity contribution < 1.29 is 0 Å². The minimum absolute atomic E-state index is 0.694. The SMILES string of the molecule is CNC(CC1CN(C)CCN1C)C1CC(C)CC(C)C1. The van der Waals surface area contributed by atoms with Gasteiger partial charge in [0.25, 0.3) is 0 Å². The van der Waals surface area contributed by atoms with Crippen LogP contribution in [0, 0.1) is 17.8 Å². The monoisotopic (exact) mass is 281 g/mol. The first-order valence-corrected chi connectivity index (χ1v) is 8.55. The summed E-state index contributed by atoms with van der Waals surface area (Å²) in [6.45, 7) is 8.54.